The van der Waals surface area contributed by atoms with E-state index in [1.165, 1.54) is 0 Å². The summed E-state index contributed by atoms with van der Waals surface area (Å²) in [5, 5.41) is 13.3. The van der Waals surface area contributed by atoms with Gasteiger partial charge < -0.3 is 9.63 Å². The van der Waals surface area contributed by atoms with Gasteiger partial charge in [0.2, 0.25) is 11.7 Å². The molecule has 1 saturated carbocycles. The predicted octanol–water partition coefficient (Wildman–Crippen LogP) is 2.75. The largest absolute Gasteiger partial charge is 0.481 e. The average molecular weight is 294 g/mol. The van der Waals surface area contributed by atoms with Crippen molar-refractivity contribution in [3.05, 3.63) is 29.2 Å². The van der Waals surface area contributed by atoms with Crippen LogP contribution in [0.1, 0.15) is 31.1 Å². The van der Waals surface area contributed by atoms with E-state index in [2.05, 4.69) is 15.1 Å². The smallest absolute Gasteiger partial charge is 0.306 e. The SMILES string of the molecule is O=C(O)C1CCC(c2nc(-c3ncccc3Cl)no2)C1. The molecule has 2 heterocycles. The van der Waals surface area contributed by atoms with E-state index in [-0.39, 0.29) is 11.8 Å². The van der Waals surface area contributed by atoms with E-state index in [0.717, 1.165) is 6.42 Å². The number of pyridine rings is 1. The number of carboxylic acids is 1. The van der Waals surface area contributed by atoms with E-state index in [1.807, 2.05) is 0 Å². The maximum Gasteiger partial charge on any atom is 0.306 e. The molecule has 2 unspecified atom stereocenters. The van der Waals surface area contributed by atoms with Gasteiger partial charge in [-0.15, -0.1) is 0 Å². The minimum absolute atomic E-state index is 0.000150. The predicted molar refractivity (Wildman–Crippen MR) is 70.3 cm³/mol. The van der Waals surface area contributed by atoms with Crippen LogP contribution in [0, 0.1) is 5.92 Å². The Balaban J connectivity index is 1.81. The third kappa shape index (κ3) is 2.38. The van der Waals surface area contributed by atoms with Crippen LogP contribution in [0.2, 0.25) is 5.02 Å². The van der Waals surface area contributed by atoms with Gasteiger partial charge in [-0.1, -0.05) is 16.8 Å². The highest BCUT2D eigenvalue weighted by Crippen LogP contribution is 2.38. The van der Waals surface area contributed by atoms with Crippen LogP contribution in [0.25, 0.3) is 11.5 Å². The van der Waals surface area contributed by atoms with Gasteiger partial charge in [0.1, 0.15) is 5.69 Å². The lowest BCUT2D eigenvalue weighted by molar-refractivity contribution is -0.141. The van der Waals surface area contributed by atoms with Crippen molar-refractivity contribution < 1.29 is 14.4 Å². The van der Waals surface area contributed by atoms with Crippen molar-refractivity contribution in [3.8, 4) is 11.5 Å². The topological polar surface area (TPSA) is 89.1 Å². The van der Waals surface area contributed by atoms with Gasteiger partial charge in [0.15, 0.2) is 0 Å². The molecule has 0 aliphatic heterocycles. The number of nitrogens with zero attached hydrogens (tertiary/aromatic N) is 3. The molecule has 0 saturated heterocycles. The first kappa shape index (κ1) is 13.1. The molecule has 3 rings (SSSR count). The molecule has 104 valence electrons. The van der Waals surface area contributed by atoms with E-state index in [9.17, 15) is 4.79 Å². The molecular formula is C13H12ClN3O3. The minimum Gasteiger partial charge on any atom is -0.481 e. The average Bonchev–Trinajstić information content (AvgIpc) is 3.08. The third-order valence-corrected chi connectivity index (χ3v) is 3.85. The van der Waals surface area contributed by atoms with Gasteiger partial charge in [0.05, 0.1) is 10.9 Å². The Morgan fingerprint density at radius 1 is 1.45 bits per heavy atom. The fraction of sp³-hybridized carbons (Fsp3) is 0.385. The van der Waals surface area contributed by atoms with Crippen LogP contribution in [-0.2, 0) is 4.79 Å². The van der Waals surface area contributed by atoms with Crippen molar-refractivity contribution in [2.24, 2.45) is 5.92 Å². The number of carboxylic acid groups (broad SMARTS) is 1. The fourth-order valence-electron chi connectivity index (χ4n) is 2.48. The van der Waals surface area contributed by atoms with Gasteiger partial charge in [0, 0.05) is 12.1 Å². The first-order valence-corrected chi connectivity index (χ1v) is 6.70. The molecule has 0 spiro atoms. The summed E-state index contributed by atoms with van der Waals surface area (Å²) < 4.78 is 5.23. The molecule has 0 amide bonds. The van der Waals surface area contributed by atoms with Gasteiger partial charge in [-0.25, -0.2) is 0 Å². The van der Waals surface area contributed by atoms with E-state index in [0.29, 0.717) is 35.3 Å². The van der Waals surface area contributed by atoms with Gasteiger partial charge in [-0.3, -0.25) is 9.78 Å². The lowest BCUT2D eigenvalue weighted by atomic mass is 10.1. The van der Waals surface area contributed by atoms with Crippen molar-refractivity contribution in [2.75, 3.05) is 0 Å². The number of aliphatic carboxylic acids is 1. The van der Waals surface area contributed by atoms with Crippen molar-refractivity contribution in [3.63, 3.8) is 0 Å². The zero-order chi connectivity index (χ0) is 14.1. The molecule has 20 heavy (non-hydrogen) atoms. The van der Waals surface area contributed by atoms with E-state index in [1.54, 1.807) is 18.3 Å². The zero-order valence-corrected chi connectivity index (χ0v) is 11.2. The van der Waals surface area contributed by atoms with Crippen molar-refractivity contribution in [2.45, 2.75) is 25.2 Å². The standard InChI is InChI=1S/C13H12ClN3O3/c14-9-2-1-5-15-10(9)11-16-12(20-17-11)7-3-4-8(6-7)13(18)19/h1-2,5,7-8H,3-4,6H2,(H,18,19). The first-order valence-electron chi connectivity index (χ1n) is 6.32. The summed E-state index contributed by atoms with van der Waals surface area (Å²) >= 11 is 6.03. The van der Waals surface area contributed by atoms with Crippen molar-refractivity contribution in [1.29, 1.82) is 0 Å². The Hall–Kier alpha value is -1.95. The highest BCUT2D eigenvalue weighted by Gasteiger charge is 2.34. The zero-order valence-electron chi connectivity index (χ0n) is 10.5. The number of hydrogen-bond donors (Lipinski definition) is 1. The Kier molecular flexibility index (Phi) is 3.40. The molecule has 1 N–H and O–H groups in total. The van der Waals surface area contributed by atoms with Gasteiger partial charge in [0.25, 0.3) is 0 Å². The molecule has 1 aliphatic carbocycles. The maximum atomic E-state index is 11.0. The van der Waals surface area contributed by atoms with Crippen LogP contribution >= 0.6 is 11.6 Å². The molecule has 2 aromatic rings. The number of hydrogen-bond acceptors (Lipinski definition) is 5. The second-order valence-electron chi connectivity index (χ2n) is 4.84. The normalized spacial score (nSPS) is 22.1. The number of rotatable bonds is 3. The highest BCUT2D eigenvalue weighted by molar-refractivity contribution is 6.32. The summed E-state index contributed by atoms with van der Waals surface area (Å²) in [5.74, 6) is -0.288. The summed E-state index contributed by atoms with van der Waals surface area (Å²) in [6.45, 7) is 0. The lowest BCUT2D eigenvalue weighted by Crippen LogP contribution is -2.09. The number of aromatic nitrogens is 3. The molecule has 0 radical (unpaired) electrons. The molecule has 1 fully saturated rings. The number of halogens is 1. The molecule has 0 bridgehead atoms. The summed E-state index contributed by atoms with van der Waals surface area (Å²) in [5.41, 5.74) is 0.469. The quantitative estimate of drug-likeness (QED) is 0.936. The Morgan fingerprint density at radius 3 is 3.00 bits per heavy atom. The molecule has 6 nitrogen and oxygen atoms in total. The monoisotopic (exact) mass is 293 g/mol. The van der Waals surface area contributed by atoms with E-state index >= 15 is 0 Å². The first-order chi connectivity index (χ1) is 9.65. The molecular weight excluding hydrogens is 282 g/mol. The molecule has 1 aliphatic rings. The van der Waals surface area contributed by atoms with Crippen LogP contribution < -0.4 is 0 Å². The minimum atomic E-state index is -0.764. The summed E-state index contributed by atoms with van der Waals surface area (Å²) in [7, 11) is 0. The summed E-state index contributed by atoms with van der Waals surface area (Å²) in [6, 6.07) is 3.43. The van der Waals surface area contributed by atoms with Gasteiger partial charge in [-0.2, -0.15) is 4.98 Å². The van der Waals surface area contributed by atoms with Crippen LogP contribution in [0.15, 0.2) is 22.9 Å². The fourth-order valence-corrected chi connectivity index (χ4v) is 2.68. The van der Waals surface area contributed by atoms with Crippen molar-refractivity contribution >= 4 is 17.6 Å². The maximum absolute atomic E-state index is 11.0. The van der Waals surface area contributed by atoms with Gasteiger partial charge in [-0.05, 0) is 31.4 Å². The van der Waals surface area contributed by atoms with Crippen LogP contribution in [0.3, 0.4) is 0 Å². The Bertz CT molecular complexity index is 643. The number of carbonyl (C=O) groups is 1. The molecule has 2 aromatic heterocycles. The van der Waals surface area contributed by atoms with Gasteiger partial charge >= 0.3 is 5.97 Å². The lowest BCUT2D eigenvalue weighted by Gasteiger charge is -2.02. The molecule has 2 atom stereocenters. The van der Waals surface area contributed by atoms with E-state index < -0.39 is 5.97 Å². The van der Waals surface area contributed by atoms with Crippen LogP contribution in [-0.4, -0.2) is 26.2 Å². The second-order valence-corrected chi connectivity index (χ2v) is 5.24. The summed E-state index contributed by atoms with van der Waals surface area (Å²) in [6.07, 6.45) is 3.52. The third-order valence-electron chi connectivity index (χ3n) is 3.54. The Labute approximate surface area is 119 Å². The van der Waals surface area contributed by atoms with Crippen LogP contribution in [0.5, 0.6) is 0 Å². The van der Waals surface area contributed by atoms with Crippen LogP contribution in [0.4, 0.5) is 0 Å². The second kappa shape index (κ2) is 5.20. The van der Waals surface area contributed by atoms with Crippen molar-refractivity contribution in [1.82, 2.24) is 15.1 Å². The summed E-state index contributed by atoms with van der Waals surface area (Å²) in [4.78, 5) is 19.4. The Morgan fingerprint density at radius 2 is 2.30 bits per heavy atom. The highest BCUT2D eigenvalue weighted by atomic mass is 35.5. The van der Waals surface area contributed by atoms with E-state index in [4.69, 9.17) is 21.2 Å². The molecule has 7 heteroatoms. The molecule has 0 aromatic carbocycles.